The van der Waals surface area contributed by atoms with Gasteiger partial charge in [0, 0.05) is 32.3 Å². The van der Waals surface area contributed by atoms with E-state index in [9.17, 15) is 4.79 Å². The molecular weight excluding hydrogens is 311 g/mol. The van der Waals surface area contributed by atoms with Crippen molar-refractivity contribution in [1.82, 2.24) is 14.7 Å². The molecule has 0 bridgehead atoms. The maximum absolute atomic E-state index is 12.4. The van der Waals surface area contributed by atoms with Crippen LogP contribution in [0.3, 0.4) is 0 Å². The van der Waals surface area contributed by atoms with Crippen molar-refractivity contribution in [2.75, 3.05) is 13.1 Å². The van der Waals surface area contributed by atoms with Gasteiger partial charge >= 0.3 is 0 Å². The molecule has 1 aliphatic heterocycles. The lowest BCUT2D eigenvalue weighted by Crippen LogP contribution is -2.49. The van der Waals surface area contributed by atoms with Crippen LogP contribution in [0.15, 0.2) is 12.4 Å². The third-order valence-corrected chi connectivity index (χ3v) is 3.90. The lowest BCUT2D eigenvalue weighted by Gasteiger charge is -2.29. The van der Waals surface area contributed by atoms with Crippen molar-refractivity contribution >= 4 is 30.7 Å². The number of nitrogens with zero attached hydrogens (tertiary/aromatic N) is 3. The Balaban J connectivity index is 0.00000200. The highest BCUT2D eigenvalue weighted by molar-refractivity contribution is 5.85. The number of halogens is 2. The normalized spacial score (nSPS) is 19.7. The number of likely N-dealkylation sites (tertiary alicyclic amines) is 1. The molecule has 0 aromatic carbocycles. The first-order chi connectivity index (χ1) is 8.79. The quantitative estimate of drug-likeness (QED) is 0.897. The third-order valence-electron chi connectivity index (χ3n) is 3.90. The number of carbonyl (C=O) groups is 1. The van der Waals surface area contributed by atoms with E-state index in [0.29, 0.717) is 5.92 Å². The fourth-order valence-corrected chi connectivity index (χ4v) is 2.45. The van der Waals surface area contributed by atoms with Gasteiger partial charge in [-0.05, 0) is 17.4 Å². The van der Waals surface area contributed by atoms with Crippen molar-refractivity contribution in [2.45, 2.75) is 39.2 Å². The Labute approximate surface area is 139 Å². The molecule has 1 fully saturated rings. The number of hydrogen-bond acceptors (Lipinski definition) is 3. The van der Waals surface area contributed by atoms with Crippen LogP contribution in [0.4, 0.5) is 0 Å². The number of amides is 1. The van der Waals surface area contributed by atoms with Crippen LogP contribution < -0.4 is 5.73 Å². The maximum atomic E-state index is 12.4. The molecule has 5 nitrogen and oxygen atoms in total. The molecule has 1 saturated heterocycles. The van der Waals surface area contributed by atoms with Crippen LogP contribution in [-0.2, 0) is 11.8 Å². The van der Waals surface area contributed by atoms with Gasteiger partial charge in [-0.2, -0.15) is 5.10 Å². The first-order valence-corrected chi connectivity index (χ1v) is 6.82. The summed E-state index contributed by atoms with van der Waals surface area (Å²) in [6.07, 6.45) is 4.92. The second-order valence-electron chi connectivity index (χ2n) is 6.56. The van der Waals surface area contributed by atoms with Gasteiger partial charge < -0.3 is 10.6 Å². The highest BCUT2D eigenvalue weighted by Crippen LogP contribution is 2.28. The van der Waals surface area contributed by atoms with Gasteiger partial charge in [-0.25, -0.2) is 0 Å². The largest absolute Gasteiger partial charge is 0.341 e. The molecule has 0 saturated carbocycles. The average molecular weight is 337 g/mol. The summed E-state index contributed by atoms with van der Waals surface area (Å²) in [6, 6.07) is -0.430. The van der Waals surface area contributed by atoms with Crippen molar-refractivity contribution in [2.24, 2.45) is 18.2 Å². The molecule has 2 N–H and O–H groups in total. The van der Waals surface area contributed by atoms with Gasteiger partial charge in [0.25, 0.3) is 0 Å². The van der Waals surface area contributed by atoms with Crippen molar-refractivity contribution in [3.63, 3.8) is 0 Å². The zero-order chi connectivity index (χ0) is 14.2. The lowest BCUT2D eigenvalue weighted by molar-refractivity contribution is -0.133. The van der Waals surface area contributed by atoms with Gasteiger partial charge in [-0.15, -0.1) is 24.8 Å². The van der Waals surface area contributed by atoms with Crippen LogP contribution in [-0.4, -0.2) is 39.7 Å². The minimum Gasteiger partial charge on any atom is -0.341 e. The molecule has 2 heterocycles. The molecule has 1 unspecified atom stereocenters. The molecule has 1 amide bonds. The van der Waals surface area contributed by atoms with Gasteiger partial charge in [-0.1, -0.05) is 20.8 Å². The van der Waals surface area contributed by atoms with Gasteiger partial charge in [-0.3, -0.25) is 9.48 Å². The third kappa shape index (κ3) is 4.59. The van der Waals surface area contributed by atoms with Gasteiger partial charge in [0.15, 0.2) is 0 Å². The topological polar surface area (TPSA) is 64.2 Å². The number of rotatable bonds is 2. The fourth-order valence-electron chi connectivity index (χ4n) is 2.45. The zero-order valence-electron chi connectivity index (χ0n) is 13.1. The van der Waals surface area contributed by atoms with Crippen molar-refractivity contribution < 1.29 is 4.79 Å². The van der Waals surface area contributed by atoms with E-state index in [1.807, 2.05) is 45.1 Å². The average Bonchev–Trinajstić information content (AvgIpc) is 2.94. The summed E-state index contributed by atoms with van der Waals surface area (Å²) in [5.74, 6) is 0.462. The smallest absolute Gasteiger partial charge is 0.240 e. The molecule has 1 aromatic rings. The summed E-state index contributed by atoms with van der Waals surface area (Å²) in [4.78, 5) is 14.3. The highest BCUT2D eigenvalue weighted by Gasteiger charge is 2.35. The predicted octanol–water partition coefficient (Wildman–Crippen LogP) is 1.95. The number of aromatic nitrogens is 2. The summed E-state index contributed by atoms with van der Waals surface area (Å²) >= 11 is 0. The first kappa shape index (κ1) is 20.2. The van der Waals surface area contributed by atoms with Crippen LogP contribution in [0, 0.1) is 5.41 Å². The fraction of sp³-hybridized carbons (Fsp3) is 0.714. The molecule has 2 rings (SSSR count). The molecule has 122 valence electrons. The highest BCUT2D eigenvalue weighted by atomic mass is 35.5. The van der Waals surface area contributed by atoms with Crippen molar-refractivity contribution in [3.8, 4) is 0 Å². The summed E-state index contributed by atoms with van der Waals surface area (Å²) in [5, 5.41) is 4.19. The van der Waals surface area contributed by atoms with E-state index in [1.54, 1.807) is 4.68 Å². The van der Waals surface area contributed by atoms with Crippen LogP contribution in [0.2, 0.25) is 0 Å². The Bertz CT molecular complexity index is 470. The molecule has 0 aliphatic carbocycles. The van der Waals surface area contributed by atoms with E-state index in [4.69, 9.17) is 5.73 Å². The van der Waals surface area contributed by atoms with E-state index in [0.717, 1.165) is 19.5 Å². The molecule has 21 heavy (non-hydrogen) atoms. The number of hydrogen-bond donors (Lipinski definition) is 1. The minimum atomic E-state index is -0.430. The molecule has 1 aromatic heterocycles. The predicted molar refractivity (Wildman–Crippen MR) is 89.1 cm³/mol. The summed E-state index contributed by atoms with van der Waals surface area (Å²) in [7, 11) is 1.91. The Morgan fingerprint density at radius 1 is 1.43 bits per heavy atom. The Kier molecular flexibility index (Phi) is 7.20. The number of aryl methyl sites for hydroxylation is 1. The second-order valence-corrected chi connectivity index (χ2v) is 6.56. The van der Waals surface area contributed by atoms with Gasteiger partial charge in [0.05, 0.1) is 12.2 Å². The van der Waals surface area contributed by atoms with E-state index >= 15 is 0 Å². The molecule has 1 aliphatic rings. The van der Waals surface area contributed by atoms with Gasteiger partial charge in [0.2, 0.25) is 5.91 Å². The Morgan fingerprint density at radius 2 is 2.05 bits per heavy atom. The summed E-state index contributed by atoms with van der Waals surface area (Å²) < 4.78 is 1.81. The van der Waals surface area contributed by atoms with Crippen LogP contribution in [0.25, 0.3) is 0 Å². The minimum absolute atomic E-state index is 0. The van der Waals surface area contributed by atoms with Crippen molar-refractivity contribution in [1.29, 1.82) is 0 Å². The van der Waals surface area contributed by atoms with E-state index in [1.165, 1.54) is 5.56 Å². The standard InChI is InChI=1S/C14H24N4O.2ClH/c1-14(2,3)12(15)13(19)18-6-5-10(9-18)11-7-16-17(4)8-11;;/h7-8,10,12H,5-6,9,15H2,1-4H3;2*1H/t10?,12-;;/m1../s1. The maximum Gasteiger partial charge on any atom is 0.240 e. The number of nitrogens with two attached hydrogens (primary N) is 1. The Morgan fingerprint density at radius 3 is 2.52 bits per heavy atom. The molecule has 2 atom stereocenters. The van der Waals surface area contributed by atoms with Crippen LogP contribution in [0.1, 0.15) is 38.7 Å². The number of carbonyl (C=O) groups excluding carboxylic acids is 1. The zero-order valence-corrected chi connectivity index (χ0v) is 14.7. The molecule has 7 heteroatoms. The van der Waals surface area contributed by atoms with Gasteiger partial charge in [0.1, 0.15) is 0 Å². The second kappa shape index (κ2) is 7.47. The Hall–Kier alpha value is -0.780. The first-order valence-electron chi connectivity index (χ1n) is 6.82. The molecular formula is C14H26Cl2N4O. The van der Waals surface area contributed by atoms with Crippen molar-refractivity contribution in [3.05, 3.63) is 18.0 Å². The summed E-state index contributed by atoms with van der Waals surface area (Å²) in [5.41, 5.74) is 7.07. The van der Waals surface area contributed by atoms with Crippen LogP contribution in [0.5, 0.6) is 0 Å². The lowest BCUT2D eigenvalue weighted by atomic mass is 9.86. The van der Waals surface area contributed by atoms with E-state index < -0.39 is 6.04 Å². The monoisotopic (exact) mass is 336 g/mol. The van der Waals surface area contributed by atoms with Crippen LogP contribution >= 0.6 is 24.8 Å². The van der Waals surface area contributed by atoms with E-state index in [-0.39, 0.29) is 36.1 Å². The molecule has 0 radical (unpaired) electrons. The SMILES string of the molecule is Cl.Cl.Cn1cc(C2CCN(C(=O)[C@@H](N)C(C)(C)C)C2)cn1. The van der Waals surface area contributed by atoms with E-state index in [2.05, 4.69) is 5.10 Å². The molecule has 0 spiro atoms. The summed E-state index contributed by atoms with van der Waals surface area (Å²) in [6.45, 7) is 7.56.